The first-order valence-corrected chi connectivity index (χ1v) is 11.5. The lowest BCUT2D eigenvalue weighted by Gasteiger charge is -2.22. The summed E-state index contributed by atoms with van der Waals surface area (Å²) in [6.07, 6.45) is 5.75. The summed E-state index contributed by atoms with van der Waals surface area (Å²) < 4.78 is 32.6. The van der Waals surface area contributed by atoms with Gasteiger partial charge in [0.1, 0.15) is 5.75 Å². The number of hydrogen-bond acceptors (Lipinski definition) is 4. The molecule has 0 aromatic heterocycles. The van der Waals surface area contributed by atoms with Crippen LogP contribution >= 0.6 is 11.6 Å². The molecule has 0 saturated carbocycles. The van der Waals surface area contributed by atoms with Crippen LogP contribution in [0.2, 0.25) is 5.02 Å². The summed E-state index contributed by atoms with van der Waals surface area (Å²) in [4.78, 5) is 2.57. The zero-order valence-corrected chi connectivity index (χ0v) is 17.7. The largest absolute Gasteiger partial charge is 0.495 e. The normalized spacial score (nSPS) is 15.3. The molecule has 152 valence electrons. The maximum absolute atomic E-state index is 12.5. The lowest BCUT2D eigenvalue weighted by molar-refractivity contribution is 0.414. The molecule has 28 heavy (non-hydrogen) atoms. The summed E-state index contributed by atoms with van der Waals surface area (Å²) in [5.41, 5.74) is 2.35. The van der Waals surface area contributed by atoms with Crippen molar-refractivity contribution in [2.45, 2.75) is 37.0 Å². The first-order chi connectivity index (χ1) is 13.5. The molecule has 0 atom stereocenters. The van der Waals surface area contributed by atoms with Crippen LogP contribution < -0.4 is 14.4 Å². The summed E-state index contributed by atoms with van der Waals surface area (Å²) in [6.45, 7) is 2.56. The number of nitrogens with zero attached hydrogens (tertiary/aromatic N) is 1. The number of benzene rings is 2. The number of anilines is 1. The Morgan fingerprint density at radius 1 is 1.04 bits per heavy atom. The van der Waals surface area contributed by atoms with Crippen molar-refractivity contribution in [3.8, 4) is 5.75 Å². The van der Waals surface area contributed by atoms with E-state index in [1.807, 2.05) is 0 Å². The van der Waals surface area contributed by atoms with E-state index in [0.29, 0.717) is 18.7 Å². The molecule has 7 heteroatoms. The molecule has 2 aromatic carbocycles. The quantitative estimate of drug-likeness (QED) is 0.724. The first kappa shape index (κ1) is 21.0. The number of nitrogens with one attached hydrogen (secondary N) is 1. The van der Waals surface area contributed by atoms with Gasteiger partial charge in [-0.05, 0) is 55.2 Å². The van der Waals surface area contributed by atoms with Crippen molar-refractivity contribution < 1.29 is 13.2 Å². The van der Waals surface area contributed by atoms with Gasteiger partial charge in [0.25, 0.3) is 0 Å². The van der Waals surface area contributed by atoms with Gasteiger partial charge >= 0.3 is 0 Å². The molecule has 2 aromatic rings. The third kappa shape index (κ3) is 5.40. The Balaban J connectivity index is 1.56. The van der Waals surface area contributed by atoms with Gasteiger partial charge in [-0.15, -0.1) is 0 Å². The minimum Gasteiger partial charge on any atom is -0.495 e. The van der Waals surface area contributed by atoms with Gasteiger partial charge in [0, 0.05) is 25.3 Å². The summed E-state index contributed by atoms with van der Waals surface area (Å²) >= 11 is 6.03. The van der Waals surface area contributed by atoms with Crippen LogP contribution in [0.15, 0.2) is 47.4 Å². The molecule has 0 aliphatic carbocycles. The van der Waals surface area contributed by atoms with Gasteiger partial charge in [-0.1, -0.05) is 36.6 Å². The lowest BCUT2D eigenvalue weighted by Crippen LogP contribution is -2.26. The van der Waals surface area contributed by atoms with E-state index in [1.165, 1.54) is 50.6 Å². The number of ether oxygens (including phenoxy) is 1. The molecule has 0 unspecified atom stereocenters. The van der Waals surface area contributed by atoms with E-state index in [1.54, 1.807) is 6.07 Å². The summed E-state index contributed by atoms with van der Waals surface area (Å²) in [7, 11) is -2.11. The number of methoxy groups -OCH3 is 1. The van der Waals surface area contributed by atoms with Gasteiger partial charge < -0.3 is 9.64 Å². The van der Waals surface area contributed by atoms with E-state index in [4.69, 9.17) is 16.3 Å². The number of rotatable bonds is 7. The van der Waals surface area contributed by atoms with Gasteiger partial charge in [-0.25, -0.2) is 13.1 Å². The topological polar surface area (TPSA) is 58.6 Å². The smallest absolute Gasteiger partial charge is 0.240 e. The molecular formula is C21H27ClN2O3S. The van der Waals surface area contributed by atoms with Crippen LogP contribution in [0.4, 0.5) is 5.69 Å². The van der Waals surface area contributed by atoms with Gasteiger partial charge in [0.05, 0.1) is 17.0 Å². The molecule has 0 amide bonds. The molecule has 1 heterocycles. The van der Waals surface area contributed by atoms with Crippen LogP contribution in [0.25, 0.3) is 0 Å². The van der Waals surface area contributed by atoms with Crippen LogP contribution in [-0.4, -0.2) is 35.2 Å². The van der Waals surface area contributed by atoms with E-state index >= 15 is 0 Å². The molecule has 0 bridgehead atoms. The van der Waals surface area contributed by atoms with E-state index < -0.39 is 10.0 Å². The highest BCUT2D eigenvalue weighted by atomic mass is 35.5. The highest BCUT2D eigenvalue weighted by Crippen LogP contribution is 2.27. The van der Waals surface area contributed by atoms with E-state index in [-0.39, 0.29) is 9.92 Å². The third-order valence-electron chi connectivity index (χ3n) is 5.05. The second kappa shape index (κ2) is 9.63. The molecule has 1 fully saturated rings. The van der Waals surface area contributed by atoms with Crippen molar-refractivity contribution in [1.29, 1.82) is 0 Å². The second-order valence-electron chi connectivity index (χ2n) is 7.01. The fourth-order valence-corrected chi connectivity index (χ4v) is 4.81. The Kier molecular flexibility index (Phi) is 7.21. The molecule has 0 radical (unpaired) electrons. The molecular weight excluding hydrogens is 396 g/mol. The van der Waals surface area contributed by atoms with Crippen molar-refractivity contribution in [3.05, 3.63) is 53.1 Å². The van der Waals surface area contributed by atoms with Gasteiger partial charge in [0.15, 0.2) is 0 Å². The van der Waals surface area contributed by atoms with Crippen LogP contribution in [0.3, 0.4) is 0 Å². The van der Waals surface area contributed by atoms with Crippen LogP contribution in [0, 0.1) is 0 Å². The van der Waals surface area contributed by atoms with E-state index in [2.05, 4.69) is 33.9 Å². The summed E-state index contributed by atoms with van der Waals surface area (Å²) in [5.74, 6) is 0.449. The standard InChI is InChI=1S/C21H27ClN2O3S/c1-27-21-11-10-19(16-20(21)22)28(25,26)23-13-12-17-6-8-18(9-7-17)24-14-4-2-3-5-15-24/h6-11,16,23H,2-5,12-15H2,1H3. The minimum absolute atomic E-state index is 0.134. The Bertz CT molecular complexity index is 877. The molecule has 3 rings (SSSR count). The Labute approximate surface area is 172 Å². The van der Waals surface area contributed by atoms with E-state index in [0.717, 1.165) is 18.7 Å². The lowest BCUT2D eigenvalue weighted by atomic mass is 10.1. The predicted molar refractivity (Wildman–Crippen MR) is 114 cm³/mol. The van der Waals surface area contributed by atoms with Crippen molar-refractivity contribution in [3.63, 3.8) is 0 Å². The van der Waals surface area contributed by atoms with Crippen molar-refractivity contribution in [1.82, 2.24) is 4.72 Å². The molecule has 0 spiro atoms. The maximum atomic E-state index is 12.5. The Morgan fingerprint density at radius 2 is 1.71 bits per heavy atom. The Morgan fingerprint density at radius 3 is 2.32 bits per heavy atom. The SMILES string of the molecule is COc1ccc(S(=O)(=O)NCCc2ccc(N3CCCCCC3)cc2)cc1Cl. The summed E-state index contributed by atoms with van der Waals surface area (Å²) in [6, 6.07) is 12.9. The number of halogens is 1. The van der Waals surface area contributed by atoms with Crippen LogP contribution in [-0.2, 0) is 16.4 Å². The van der Waals surface area contributed by atoms with E-state index in [9.17, 15) is 8.42 Å². The Hall–Kier alpha value is -1.76. The highest BCUT2D eigenvalue weighted by Gasteiger charge is 2.16. The van der Waals surface area contributed by atoms with Gasteiger partial charge in [0.2, 0.25) is 10.0 Å². The van der Waals surface area contributed by atoms with Gasteiger partial charge in [-0.3, -0.25) is 0 Å². The molecule has 1 aliphatic heterocycles. The third-order valence-corrected chi connectivity index (χ3v) is 6.80. The predicted octanol–water partition coefficient (Wildman–Crippen LogP) is 4.25. The minimum atomic E-state index is -3.61. The fourth-order valence-electron chi connectivity index (χ4n) is 3.43. The van der Waals surface area contributed by atoms with Crippen molar-refractivity contribution in [2.24, 2.45) is 0 Å². The summed E-state index contributed by atoms with van der Waals surface area (Å²) in [5, 5.41) is 0.273. The maximum Gasteiger partial charge on any atom is 0.240 e. The molecule has 5 nitrogen and oxygen atoms in total. The second-order valence-corrected chi connectivity index (χ2v) is 9.19. The van der Waals surface area contributed by atoms with Crippen LogP contribution in [0.5, 0.6) is 5.75 Å². The zero-order valence-electron chi connectivity index (χ0n) is 16.2. The van der Waals surface area contributed by atoms with Gasteiger partial charge in [-0.2, -0.15) is 0 Å². The average molecular weight is 423 g/mol. The zero-order chi connectivity index (χ0) is 20.0. The number of sulfonamides is 1. The fraction of sp³-hybridized carbons (Fsp3) is 0.429. The average Bonchev–Trinajstić information content (AvgIpc) is 2.98. The number of hydrogen-bond donors (Lipinski definition) is 1. The van der Waals surface area contributed by atoms with Crippen LogP contribution in [0.1, 0.15) is 31.2 Å². The highest BCUT2D eigenvalue weighted by molar-refractivity contribution is 7.89. The molecule has 1 aliphatic rings. The molecule has 1 saturated heterocycles. The van der Waals surface area contributed by atoms with Crippen molar-refractivity contribution >= 4 is 27.3 Å². The van der Waals surface area contributed by atoms with Crippen molar-refractivity contribution in [2.75, 3.05) is 31.6 Å². The monoisotopic (exact) mass is 422 g/mol. The molecule has 1 N–H and O–H groups in total. The first-order valence-electron chi connectivity index (χ1n) is 9.67.